The van der Waals surface area contributed by atoms with E-state index in [9.17, 15) is 4.79 Å². The van der Waals surface area contributed by atoms with Gasteiger partial charge in [-0.3, -0.25) is 4.79 Å². The molecule has 0 bridgehead atoms. The Hall–Kier alpha value is -2.96. The standard InChI is InChI=1S/C17H20N6O/c1-11-9-12(2)21-17(20-11)19-10-16(24)18-8-7-15-22-13-5-3-4-6-14(13)23-15/h3-6,9H,7-8,10H2,1-2H3,(H,18,24)(H,22,23)(H,19,20,21). The molecule has 7 nitrogen and oxygen atoms in total. The van der Waals surface area contributed by atoms with E-state index in [-0.39, 0.29) is 12.5 Å². The molecule has 0 spiro atoms. The Labute approximate surface area is 139 Å². The van der Waals surface area contributed by atoms with E-state index in [1.54, 1.807) is 0 Å². The van der Waals surface area contributed by atoms with Crippen LogP contribution in [-0.4, -0.2) is 38.9 Å². The summed E-state index contributed by atoms with van der Waals surface area (Å²) < 4.78 is 0. The number of aromatic nitrogens is 4. The summed E-state index contributed by atoms with van der Waals surface area (Å²) in [7, 11) is 0. The zero-order valence-corrected chi connectivity index (χ0v) is 13.8. The van der Waals surface area contributed by atoms with Gasteiger partial charge in [-0.25, -0.2) is 15.0 Å². The molecule has 3 N–H and O–H groups in total. The molecular weight excluding hydrogens is 304 g/mol. The van der Waals surface area contributed by atoms with Crippen LogP contribution >= 0.6 is 0 Å². The first-order valence-electron chi connectivity index (χ1n) is 7.86. The first-order chi connectivity index (χ1) is 11.6. The molecule has 24 heavy (non-hydrogen) atoms. The molecule has 3 aromatic rings. The molecule has 124 valence electrons. The predicted octanol–water partition coefficient (Wildman–Crippen LogP) is 1.74. The third kappa shape index (κ3) is 4.07. The van der Waals surface area contributed by atoms with Crippen LogP contribution in [0, 0.1) is 13.8 Å². The van der Waals surface area contributed by atoms with Crippen molar-refractivity contribution in [1.82, 2.24) is 25.3 Å². The molecule has 0 aliphatic heterocycles. The third-order valence-electron chi connectivity index (χ3n) is 3.51. The SMILES string of the molecule is Cc1cc(C)nc(NCC(=O)NCCc2nc3ccccc3[nH]2)n1. The zero-order chi connectivity index (χ0) is 16.9. The van der Waals surface area contributed by atoms with Crippen LogP contribution in [0.2, 0.25) is 0 Å². The summed E-state index contributed by atoms with van der Waals surface area (Å²) in [6.07, 6.45) is 0.653. The van der Waals surface area contributed by atoms with Crippen LogP contribution in [0.4, 0.5) is 5.95 Å². The van der Waals surface area contributed by atoms with Crippen LogP contribution in [-0.2, 0) is 11.2 Å². The van der Waals surface area contributed by atoms with Gasteiger partial charge in [0.15, 0.2) is 0 Å². The van der Waals surface area contributed by atoms with Crippen molar-refractivity contribution >= 4 is 22.9 Å². The number of imidazole rings is 1. The highest BCUT2D eigenvalue weighted by Gasteiger charge is 2.05. The zero-order valence-electron chi connectivity index (χ0n) is 13.8. The lowest BCUT2D eigenvalue weighted by atomic mass is 10.3. The number of carbonyl (C=O) groups is 1. The van der Waals surface area contributed by atoms with Gasteiger partial charge in [0.05, 0.1) is 17.6 Å². The number of hydrogen-bond acceptors (Lipinski definition) is 5. The van der Waals surface area contributed by atoms with E-state index in [0.717, 1.165) is 28.2 Å². The maximum Gasteiger partial charge on any atom is 0.239 e. The lowest BCUT2D eigenvalue weighted by molar-refractivity contribution is -0.119. The Kier molecular flexibility index (Phi) is 4.69. The summed E-state index contributed by atoms with van der Waals surface area (Å²) in [6, 6.07) is 9.75. The fourth-order valence-electron chi connectivity index (χ4n) is 2.47. The van der Waals surface area contributed by atoms with Gasteiger partial charge in [-0.2, -0.15) is 0 Å². The number of rotatable bonds is 6. The summed E-state index contributed by atoms with van der Waals surface area (Å²) in [5.41, 5.74) is 3.69. The lowest BCUT2D eigenvalue weighted by Gasteiger charge is -2.07. The van der Waals surface area contributed by atoms with Gasteiger partial charge in [-0.05, 0) is 32.0 Å². The number of aryl methyl sites for hydroxylation is 2. The van der Waals surface area contributed by atoms with Gasteiger partial charge < -0.3 is 15.6 Å². The van der Waals surface area contributed by atoms with Crippen LogP contribution in [0.25, 0.3) is 11.0 Å². The molecule has 1 aromatic carbocycles. The predicted molar refractivity (Wildman–Crippen MR) is 92.8 cm³/mol. The Morgan fingerprint density at radius 1 is 1.12 bits per heavy atom. The maximum absolute atomic E-state index is 11.9. The largest absolute Gasteiger partial charge is 0.354 e. The summed E-state index contributed by atoms with van der Waals surface area (Å²) >= 11 is 0. The molecule has 0 unspecified atom stereocenters. The first kappa shape index (κ1) is 15.9. The average Bonchev–Trinajstić information content (AvgIpc) is 2.95. The van der Waals surface area contributed by atoms with Crippen molar-refractivity contribution in [3.63, 3.8) is 0 Å². The number of fused-ring (bicyclic) bond motifs is 1. The van der Waals surface area contributed by atoms with Gasteiger partial charge in [-0.15, -0.1) is 0 Å². The summed E-state index contributed by atoms with van der Waals surface area (Å²) in [4.78, 5) is 28.1. The van der Waals surface area contributed by atoms with Gasteiger partial charge in [0.25, 0.3) is 0 Å². The van der Waals surface area contributed by atoms with Crippen molar-refractivity contribution in [1.29, 1.82) is 0 Å². The molecule has 0 fully saturated rings. The fourth-order valence-corrected chi connectivity index (χ4v) is 2.47. The summed E-state index contributed by atoms with van der Waals surface area (Å²) in [6.45, 7) is 4.46. The maximum atomic E-state index is 11.9. The van der Waals surface area contributed by atoms with Crippen molar-refractivity contribution < 1.29 is 4.79 Å². The average molecular weight is 324 g/mol. The molecule has 1 amide bonds. The summed E-state index contributed by atoms with van der Waals surface area (Å²) in [5, 5.41) is 5.80. The molecule has 2 heterocycles. The van der Waals surface area contributed by atoms with E-state index < -0.39 is 0 Å². The molecule has 0 aliphatic carbocycles. The monoisotopic (exact) mass is 324 g/mol. The van der Waals surface area contributed by atoms with Crippen LogP contribution in [0.5, 0.6) is 0 Å². The third-order valence-corrected chi connectivity index (χ3v) is 3.51. The van der Waals surface area contributed by atoms with Gasteiger partial charge in [0.2, 0.25) is 11.9 Å². The van der Waals surface area contributed by atoms with Crippen LogP contribution in [0.15, 0.2) is 30.3 Å². The molecule has 0 atom stereocenters. The highest BCUT2D eigenvalue weighted by Crippen LogP contribution is 2.10. The van der Waals surface area contributed by atoms with Gasteiger partial charge in [0.1, 0.15) is 5.82 Å². The van der Waals surface area contributed by atoms with E-state index in [1.165, 1.54) is 0 Å². The van der Waals surface area contributed by atoms with Crippen molar-refractivity contribution in [3.05, 3.63) is 47.5 Å². The Balaban J connectivity index is 1.45. The lowest BCUT2D eigenvalue weighted by Crippen LogP contribution is -2.32. The molecule has 0 saturated carbocycles. The number of aromatic amines is 1. The van der Waals surface area contributed by atoms with Crippen molar-refractivity contribution in [2.75, 3.05) is 18.4 Å². The van der Waals surface area contributed by atoms with E-state index in [1.807, 2.05) is 44.2 Å². The van der Waals surface area contributed by atoms with Crippen LogP contribution in [0.3, 0.4) is 0 Å². The van der Waals surface area contributed by atoms with Crippen molar-refractivity contribution in [2.45, 2.75) is 20.3 Å². The minimum atomic E-state index is -0.103. The second-order valence-corrected chi connectivity index (χ2v) is 5.63. The van der Waals surface area contributed by atoms with E-state index in [0.29, 0.717) is 18.9 Å². The number of anilines is 1. The fraction of sp³-hybridized carbons (Fsp3) is 0.294. The van der Waals surface area contributed by atoms with Gasteiger partial charge in [-0.1, -0.05) is 12.1 Å². The molecule has 0 radical (unpaired) electrons. The van der Waals surface area contributed by atoms with E-state index in [2.05, 4.69) is 30.6 Å². The molecule has 2 aromatic heterocycles. The first-order valence-corrected chi connectivity index (χ1v) is 7.86. The Morgan fingerprint density at radius 3 is 2.62 bits per heavy atom. The molecule has 0 saturated heterocycles. The summed E-state index contributed by atoms with van der Waals surface area (Å²) in [5.74, 6) is 1.23. The minimum absolute atomic E-state index is 0.103. The Morgan fingerprint density at radius 2 is 1.88 bits per heavy atom. The van der Waals surface area contributed by atoms with Crippen molar-refractivity contribution in [3.8, 4) is 0 Å². The minimum Gasteiger partial charge on any atom is -0.354 e. The number of hydrogen-bond donors (Lipinski definition) is 3. The number of H-pyrrole nitrogens is 1. The number of para-hydroxylation sites is 2. The highest BCUT2D eigenvalue weighted by molar-refractivity contribution is 5.80. The van der Waals surface area contributed by atoms with Crippen LogP contribution in [0.1, 0.15) is 17.2 Å². The van der Waals surface area contributed by atoms with Gasteiger partial charge in [0, 0.05) is 24.4 Å². The number of nitrogens with zero attached hydrogens (tertiary/aromatic N) is 3. The molecule has 7 heteroatoms. The molecule has 0 aliphatic rings. The van der Waals surface area contributed by atoms with Crippen LogP contribution < -0.4 is 10.6 Å². The number of carbonyl (C=O) groups excluding carboxylic acids is 1. The number of nitrogens with one attached hydrogen (secondary N) is 3. The van der Waals surface area contributed by atoms with E-state index in [4.69, 9.17) is 0 Å². The number of benzene rings is 1. The second kappa shape index (κ2) is 7.08. The Bertz CT molecular complexity index is 804. The topological polar surface area (TPSA) is 95.6 Å². The highest BCUT2D eigenvalue weighted by atomic mass is 16.1. The quantitative estimate of drug-likeness (QED) is 0.642. The van der Waals surface area contributed by atoms with E-state index >= 15 is 0 Å². The normalized spacial score (nSPS) is 10.8. The van der Waals surface area contributed by atoms with Gasteiger partial charge >= 0.3 is 0 Å². The second-order valence-electron chi connectivity index (χ2n) is 5.63. The molecule has 3 rings (SSSR count). The smallest absolute Gasteiger partial charge is 0.239 e. The molecular formula is C17H20N6O. The number of amides is 1. The van der Waals surface area contributed by atoms with Crippen molar-refractivity contribution in [2.24, 2.45) is 0 Å².